The molecule has 0 amide bonds. The molecule has 0 aliphatic heterocycles. The Labute approximate surface area is 96.4 Å². The first-order chi connectivity index (χ1) is 7.19. The van der Waals surface area contributed by atoms with Crippen molar-refractivity contribution in [1.82, 2.24) is 14.9 Å². The number of nitrogens with zero attached hydrogens (tertiary/aromatic N) is 3. The Bertz CT molecular complexity index is 461. The number of rotatable bonds is 3. The Balaban J connectivity index is 2.17. The number of aryl methyl sites for hydroxylation is 2. The molecule has 0 atom stereocenters. The lowest BCUT2D eigenvalue weighted by Crippen LogP contribution is -1.85. The largest absolute Gasteiger partial charge is 0.361 e. The van der Waals surface area contributed by atoms with Gasteiger partial charge < -0.3 is 4.52 Å². The Morgan fingerprint density at radius 1 is 1.53 bits per heavy atom. The molecule has 4 nitrogen and oxygen atoms in total. The van der Waals surface area contributed by atoms with Gasteiger partial charge in [0.2, 0.25) is 0 Å². The van der Waals surface area contributed by atoms with Crippen LogP contribution in [-0.4, -0.2) is 14.9 Å². The molecule has 15 heavy (non-hydrogen) atoms. The Hall–Kier alpha value is -1.10. The topological polar surface area (TPSA) is 43.9 Å². The van der Waals surface area contributed by atoms with Crippen LogP contribution in [0.3, 0.4) is 0 Å². The predicted molar refractivity (Wildman–Crippen MR) is 59.6 cm³/mol. The summed E-state index contributed by atoms with van der Waals surface area (Å²) in [6.07, 6.45) is 3.59. The van der Waals surface area contributed by atoms with Gasteiger partial charge in [0, 0.05) is 31.3 Å². The van der Waals surface area contributed by atoms with E-state index in [0.717, 1.165) is 34.5 Å². The molecule has 2 rings (SSSR count). The minimum absolute atomic E-state index is 0.724. The maximum atomic E-state index is 5.22. The highest BCUT2D eigenvalue weighted by Gasteiger charge is 2.09. The van der Waals surface area contributed by atoms with Crippen molar-refractivity contribution < 1.29 is 4.52 Å². The third-order valence-electron chi connectivity index (χ3n) is 2.19. The van der Waals surface area contributed by atoms with Gasteiger partial charge in [0.1, 0.15) is 10.4 Å². The second-order valence-corrected chi connectivity index (χ2v) is 4.18. The van der Waals surface area contributed by atoms with Crippen molar-refractivity contribution in [1.29, 1.82) is 0 Å². The van der Waals surface area contributed by atoms with Crippen LogP contribution < -0.4 is 0 Å². The smallest absolute Gasteiger partial charge is 0.141 e. The van der Waals surface area contributed by atoms with Gasteiger partial charge in [-0.2, -0.15) is 5.10 Å². The molecule has 0 bridgehead atoms. The van der Waals surface area contributed by atoms with Gasteiger partial charge in [-0.05, 0) is 22.4 Å². The number of halogens is 1. The van der Waals surface area contributed by atoms with Crippen molar-refractivity contribution in [2.24, 2.45) is 7.05 Å². The maximum absolute atomic E-state index is 5.22. The molecular weight excluding hydrogens is 258 g/mol. The number of hydrogen-bond acceptors (Lipinski definition) is 3. The molecule has 2 aromatic rings. The van der Waals surface area contributed by atoms with Crippen LogP contribution in [0.1, 0.15) is 23.9 Å². The highest BCUT2D eigenvalue weighted by atomic mass is 79.9. The molecule has 0 unspecified atom stereocenters. The third kappa shape index (κ3) is 2.28. The van der Waals surface area contributed by atoms with E-state index in [1.165, 1.54) is 0 Å². The monoisotopic (exact) mass is 269 g/mol. The first-order valence-electron chi connectivity index (χ1n) is 4.81. The molecule has 0 aromatic carbocycles. The maximum Gasteiger partial charge on any atom is 0.141 e. The van der Waals surface area contributed by atoms with E-state index in [1.54, 1.807) is 4.68 Å². The third-order valence-corrected chi connectivity index (χ3v) is 2.86. The first-order valence-corrected chi connectivity index (χ1v) is 5.61. The van der Waals surface area contributed by atoms with Crippen LogP contribution >= 0.6 is 15.9 Å². The number of aromatic nitrogens is 3. The highest BCUT2D eigenvalue weighted by Crippen LogP contribution is 2.18. The van der Waals surface area contributed by atoms with Gasteiger partial charge in [-0.3, -0.25) is 4.68 Å². The average molecular weight is 270 g/mol. The minimum Gasteiger partial charge on any atom is -0.361 e. The van der Waals surface area contributed by atoms with E-state index in [2.05, 4.69) is 33.1 Å². The Morgan fingerprint density at radius 3 is 2.87 bits per heavy atom. The molecule has 0 radical (unpaired) electrons. The summed E-state index contributed by atoms with van der Waals surface area (Å²) in [7, 11) is 1.89. The van der Waals surface area contributed by atoms with Crippen LogP contribution in [0, 0.1) is 0 Å². The molecule has 2 heterocycles. The van der Waals surface area contributed by atoms with E-state index >= 15 is 0 Å². The lowest BCUT2D eigenvalue weighted by molar-refractivity contribution is 0.383. The van der Waals surface area contributed by atoms with E-state index in [0.29, 0.717) is 0 Å². The summed E-state index contributed by atoms with van der Waals surface area (Å²) in [5.41, 5.74) is 2.10. The quantitative estimate of drug-likeness (QED) is 0.859. The summed E-state index contributed by atoms with van der Waals surface area (Å²) in [5, 5.41) is 8.16. The molecule has 0 aliphatic rings. The molecule has 0 fully saturated rings. The van der Waals surface area contributed by atoms with Crippen molar-refractivity contribution in [3.63, 3.8) is 0 Å². The van der Waals surface area contributed by atoms with E-state index in [4.69, 9.17) is 4.52 Å². The van der Waals surface area contributed by atoms with E-state index in [9.17, 15) is 0 Å². The van der Waals surface area contributed by atoms with Gasteiger partial charge in [0.05, 0.1) is 5.69 Å². The Kier molecular flexibility index (Phi) is 2.90. The molecule has 0 saturated carbocycles. The molecule has 0 spiro atoms. The van der Waals surface area contributed by atoms with Crippen LogP contribution in [0.25, 0.3) is 0 Å². The molecule has 5 heteroatoms. The van der Waals surface area contributed by atoms with Crippen molar-refractivity contribution in [3.8, 4) is 0 Å². The van der Waals surface area contributed by atoms with Crippen molar-refractivity contribution in [2.45, 2.75) is 19.8 Å². The SMILES string of the molecule is CCc1cc(Cc2cn(C)nc2Br)on1. The van der Waals surface area contributed by atoms with Crippen LogP contribution in [0.5, 0.6) is 0 Å². The predicted octanol–water partition coefficient (Wildman–Crippen LogP) is 2.32. The molecule has 80 valence electrons. The molecule has 2 aromatic heterocycles. The zero-order valence-corrected chi connectivity index (χ0v) is 10.3. The Morgan fingerprint density at radius 2 is 2.33 bits per heavy atom. The molecule has 0 N–H and O–H groups in total. The fourth-order valence-corrected chi connectivity index (χ4v) is 1.92. The van der Waals surface area contributed by atoms with E-state index in [-0.39, 0.29) is 0 Å². The lowest BCUT2D eigenvalue weighted by atomic mass is 10.2. The second-order valence-electron chi connectivity index (χ2n) is 3.43. The van der Waals surface area contributed by atoms with Crippen molar-refractivity contribution >= 4 is 15.9 Å². The van der Waals surface area contributed by atoms with E-state index < -0.39 is 0 Å². The molecule has 0 aliphatic carbocycles. The average Bonchev–Trinajstić information content (AvgIpc) is 2.75. The summed E-state index contributed by atoms with van der Waals surface area (Å²) in [6.45, 7) is 2.06. The zero-order valence-electron chi connectivity index (χ0n) is 8.70. The normalized spacial score (nSPS) is 10.9. The van der Waals surface area contributed by atoms with Crippen LogP contribution in [0.2, 0.25) is 0 Å². The van der Waals surface area contributed by atoms with Crippen molar-refractivity contribution in [3.05, 3.63) is 33.9 Å². The van der Waals surface area contributed by atoms with Gasteiger partial charge in [-0.25, -0.2) is 0 Å². The van der Waals surface area contributed by atoms with Gasteiger partial charge >= 0.3 is 0 Å². The molecular formula is C10H12BrN3O. The summed E-state index contributed by atoms with van der Waals surface area (Å²) in [5.74, 6) is 0.876. The fraction of sp³-hybridized carbons (Fsp3) is 0.400. The molecule has 0 saturated heterocycles. The number of hydrogen-bond donors (Lipinski definition) is 0. The minimum atomic E-state index is 0.724. The van der Waals surface area contributed by atoms with Gasteiger partial charge in [0.25, 0.3) is 0 Å². The summed E-state index contributed by atoms with van der Waals surface area (Å²) >= 11 is 3.40. The van der Waals surface area contributed by atoms with Crippen molar-refractivity contribution in [2.75, 3.05) is 0 Å². The standard InChI is InChI=1S/C10H12BrN3O/c1-3-8-5-9(15-13-8)4-7-6-14(2)12-10(7)11/h5-6H,3-4H2,1-2H3. The van der Waals surface area contributed by atoms with E-state index in [1.807, 2.05) is 19.3 Å². The van der Waals surface area contributed by atoms with Crippen LogP contribution in [0.15, 0.2) is 21.4 Å². The van der Waals surface area contributed by atoms with Gasteiger partial charge in [-0.1, -0.05) is 12.1 Å². The summed E-state index contributed by atoms with van der Waals surface area (Å²) < 4.78 is 7.85. The summed E-state index contributed by atoms with van der Waals surface area (Å²) in [4.78, 5) is 0. The first kappa shape index (κ1) is 10.4. The zero-order chi connectivity index (χ0) is 10.8. The van der Waals surface area contributed by atoms with Crippen LogP contribution in [-0.2, 0) is 19.9 Å². The van der Waals surface area contributed by atoms with Gasteiger partial charge in [0.15, 0.2) is 0 Å². The van der Waals surface area contributed by atoms with Crippen LogP contribution in [0.4, 0.5) is 0 Å². The van der Waals surface area contributed by atoms with Gasteiger partial charge in [-0.15, -0.1) is 0 Å². The fourth-order valence-electron chi connectivity index (χ4n) is 1.42. The summed E-state index contributed by atoms with van der Waals surface area (Å²) in [6, 6.07) is 1.99. The lowest BCUT2D eigenvalue weighted by Gasteiger charge is -1.90. The highest BCUT2D eigenvalue weighted by molar-refractivity contribution is 9.10. The second kappa shape index (κ2) is 4.18.